The third-order valence-electron chi connectivity index (χ3n) is 3.15. The Morgan fingerprint density at radius 2 is 2.05 bits per heavy atom. The number of alkyl halides is 1. The first-order valence-corrected chi connectivity index (χ1v) is 6.96. The van der Waals surface area contributed by atoms with Crippen molar-refractivity contribution in [2.45, 2.75) is 44.9 Å². The van der Waals surface area contributed by atoms with Crippen LogP contribution in [0.3, 0.4) is 0 Å². The maximum atomic E-state index is 13.6. The van der Waals surface area contributed by atoms with Crippen LogP contribution >= 0.6 is 0 Å². The van der Waals surface area contributed by atoms with Crippen LogP contribution in [0.15, 0.2) is 18.2 Å². The van der Waals surface area contributed by atoms with Gasteiger partial charge in [-0.05, 0) is 49.1 Å². The Balaban J connectivity index is 2.58. The van der Waals surface area contributed by atoms with Crippen LogP contribution in [0.5, 0.6) is 0 Å². The molecule has 1 aromatic rings. The Morgan fingerprint density at radius 3 is 2.67 bits per heavy atom. The first-order valence-electron chi connectivity index (χ1n) is 6.96. The summed E-state index contributed by atoms with van der Waals surface area (Å²) >= 11 is 0. The first kappa shape index (κ1) is 17.5. The van der Waals surface area contributed by atoms with Gasteiger partial charge in [0, 0.05) is 12.8 Å². The molecular formula is C15H20F3NO2. The van der Waals surface area contributed by atoms with Gasteiger partial charge in [-0.1, -0.05) is 6.92 Å². The van der Waals surface area contributed by atoms with E-state index in [1.165, 1.54) is 0 Å². The largest absolute Gasteiger partial charge is 0.431 e. The lowest BCUT2D eigenvalue weighted by Gasteiger charge is -2.16. The highest BCUT2D eigenvalue weighted by Crippen LogP contribution is 2.24. The van der Waals surface area contributed by atoms with E-state index >= 15 is 0 Å². The fourth-order valence-electron chi connectivity index (χ4n) is 2.01. The molecule has 0 heterocycles. The number of nitrogens with two attached hydrogens (primary N) is 1. The minimum absolute atomic E-state index is 0.0572. The van der Waals surface area contributed by atoms with Gasteiger partial charge in [0.05, 0.1) is 0 Å². The van der Waals surface area contributed by atoms with E-state index in [9.17, 15) is 18.0 Å². The van der Waals surface area contributed by atoms with E-state index in [2.05, 4.69) is 4.74 Å². The minimum Gasteiger partial charge on any atom is -0.431 e. The monoisotopic (exact) mass is 303 g/mol. The van der Waals surface area contributed by atoms with Crippen molar-refractivity contribution in [3.05, 3.63) is 35.4 Å². The standard InChI is InChI=1S/C15H20F3NO2/c1-2-3-14(18)21-15(20)7-4-10(9-19)12-8-11(16)5-6-13(12)17/h5-6,8,10,14H,2-4,7,9,19H2,1H3. The van der Waals surface area contributed by atoms with Crippen molar-refractivity contribution in [1.29, 1.82) is 0 Å². The Kier molecular flexibility index (Phi) is 7.22. The number of benzene rings is 1. The second-order valence-corrected chi connectivity index (χ2v) is 4.83. The highest BCUT2D eigenvalue weighted by atomic mass is 19.1. The third kappa shape index (κ3) is 5.75. The van der Waals surface area contributed by atoms with Crippen LogP contribution < -0.4 is 5.73 Å². The molecule has 0 aromatic heterocycles. The summed E-state index contributed by atoms with van der Waals surface area (Å²) in [5, 5.41) is 0. The summed E-state index contributed by atoms with van der Waals surface area (Å²) in [6.45, 7) is 1.83. The molecule has 2 N–H and O–H groups in total. The van der Waals surface area contributed by atoms with Crippen molar-refractivity contribution in [3.63, 3.8) is 0 Å². The smallest absolute Gasteiger partial charge is 0.308 e. The number of esters is 1. The van der Waals surface area contributed by atoms with Gasteiger partial charge >= 0.3 is 5.97 Å². The van der Waals surface area contributed by atoms with Crippen molar-refractivity contribution < 1.29 is 22.7 Å². The Labute approximate surface area is 122 Å². The molecule has 21 heavy (non-hydrogen) atoms. The predicted molar refractivity (Wildman–Crippen MR) is 73.3 cm³/mol. The summed E-state index contributed by atoms with van der Waals surface area (Å²) in [6.07, 6.45) is -0.833. The lowest BCUT2D eigenvalue weighted by Crippen LogP contribution is -2.18. The number of halogens is 3. The molecule has 0 radical (unpaired) electrons. The van der Waals surface area contributed by atoms with Crippen LogP contribution in [0.25, 0.3) is 0 Å². The van der Waals surface area contributed by atoms with Gasteiger partial charge in [0.2, 0.25) is 6.36 Å². The van der Waals surface area contributed by atoms with E-state index in [1.807, 2.05) is 0 Å². The predicted octanol–water partition coefficient (Wildman–Crippen LogP) is 3.43. The summed E-state index contributed by atoms with van der Waals surface area (Å²) in [6, 6.07) is 3.09. The number of carbonyl (C=O) groups is 1. The molecule has 0 bridgehead atoms. The number of hydrogen-bond donors (Lipinski definition) is 1. The van der Waals surface area contributed by atoms with Gasteiger partial charge in [-0.3, -0.25) is 4.79 Å². The van der Waals surface area contributed by atoms with E-state index in [4.69, 9.17) is 5.73 Å². The van der Waals surface area contributed by atoms with E-state index in [1.54, 1.807) is 6.92 Å². The third-order valence-corrected chi connectivity index (χ3v) is 3.15. The van der Waals surface area contributed by atoms with Crippen LogP contribution in [0, 0.1) is 11.6 Å². The minimum atomic E-state index is -1.62. The fraction of sp³-hybridized carbons (Fsp3) is 0.533. The first-order chi connectivity index (χ1) is 9.97. The van der Waals surface area contributed by atoms with Crippen LogP contribution in [0.1, 0.15) is 44.1 Å². The normalized spacial score (nSPS) is 13.8. The number of ether oxygens (including phenoxy) is 1. The SMILES string of the molecule is CCCC(F)OC(=O)CCC(CN)c1cc(F)ccc1F. The molecule has 2 unspecified atom stereocenters. The average molecular weight is 303 g/mol. The Bertz CT molecular complexity index is 468. The Hall–Kier alpha value is -1.56. The zero-order valence-corrected chi connectivity index (χ0v) is 12.0. The summed E-state index contributed by atoms with van der Waals surface area (Å²) in [5.74, 6) is -2.36. The zero-order valence-electron chi connectivity index (χ0n) is 12.0. The van der Waals surface area contributed by atoms with Crippen molar-refractivity contribution >= 4 is 5.97 Å². The maximum Gasteiger partial charge on any atom is 0.308 e. The van der Waals surface area contributed by atoms with Crippen LogP contribution in [-0.2, 0) is 9.53 Å². The molecule has 3 nitrogen and oxygen atoms in total. The van der Waals surface area contributed by atoms with E-state index in [0.717, 1.165) is 18.2 Å². The molecule has 6 heteroatoms. The summed E-state index contributed by atoms with van der Waals surface area (Å²) in [4.78, 5) is 11.5. The second kappa shape index (κ2) is 8.67. The molecule has 0 aliphatic carbocycles. The second-order valence-electron chi connectivity index (χ2n) is 4.83. The summed E-state index contributed by atoms with van der Waals surface area (Å²) in [5.41, 5.74) is 5.66. The molecule has 1 aromatic carbocycles. The lowest BCUT2D eigenvalue weighted by atomic mass is 9.94. The average Bonchev–Trinajstić information content (AvgIpc) is 2.43. The van der Waals surface area contributed by atoms with Gasteiger partial charge < -0.3 is 10.5 Å². The summed E-state index contributed by atoms with van der Waals surface area (Å²) < 4.78 is 44.5. The van der Waals surface area contributed by atoms with Crippen molar-refractivity contribution in [3.8, 4) is 0 Å². The van der Waals surface area contributed by atoms with E-state index < -0.39 is 29.9 Å². The molecule has 0 saturated carbocycles. The molecule has 0 amide bonds. The number of carbonyl (C=O) groups excluding carboxylic acids is 1. The van der Waals surface area contributed by atoms with Gasteiger partial charge in [0.15, 0.2) is 0 Å². The molecule has 0 aliphatic rings. The maximum absolute atomic E-state index is 13.6. The molecule has 118 valence electrons. The van der Waals surface area contributed by atoms with E-state index in [-0.39, 0.29) is 31.4 Å². The zero-order chi connectivity index (χ0) is 15.8. The Morgan fingerprint density at radius 1 is 1.33 bits per heavy atom. The molecule has 1 rings (SSSR count). The van der Waals surface area contributed by atoms with Gasteiger partial charge in [0.1, 0.15) is 11.6 Å². The van der Waals surface area contributed by atoms with Crippen molar-refractivity contribution in [2.24, 2.45) is 5.73 Å². The fourth-order valence-corrected chi connectivity index (χ4v) is 2.01. The van der Waals surface area contributed by atoms with Crippen LogP contribution in [0.4, 0.5) is 13.2 Å². The van der Waals surface area contributed by atoms with Crippen molar-refractivity contribution in [1.82, 2.24) is 0 Å². The summed E-state index contributed by atoms with van der Waals surface area (Å²) in [7, 11) is 0. The molecule has 0 aliphatic heterocycles. The van der Waals surface area contributed by atoms with Gasteiger partial charge in [-0.15, -0.1) is 0 Å². The quantitative estimate of drug-likeness (QED) is 0.749. The van der Waals surface area contributed by atoms with E-state index in [0.29, 0.717) is 6.42 Å². The number of rotatable bonds is 8. The van der Waals surface area contributed by atoms with Crippen molar-refractivity contribution in [2.75, 3.05) is 6.54 Å². The lowest BCUT2D eigenvalue weighted by molar-refractivity contribution is -0.158. The van der Waals surface area contributed by atoms with Gasteiger partial charge in [-0.25, -0.2) is 13.2 Å². The number of hydrogen-bond acceptors (Lipinski definition) is 3. The van der Waals surface area contributed by atoms with Crippen LogP contribution in [-0.4, -0.2) is 18.9 Å². The van der Waals surface area contributed by atoms with Gasteiger partial charge in [0.25, 0.3) is 0 Å². The molecule has 0 saturated heterocycles. The topological polar surface area (TPSA) is 52.3 Å². The van der Waals surface area contributed by atoms with Gasteiger partial charge in [-0.2, -0.15) is 0 Å². The molecule has 0 spiro atoms. The molecular weight excluding hydrogens is 283 g/mol. The molecule has 2 atom stereocenters. The molecule has 0 fully saturated rings. The van der Waals surface area contributed by atoms with Crippen LogP contribution in [0.2, 0.25) is 0 Å². The highest BCUT2D eigenvalue weighted by Gasteiger charge is 2.18. The highest BCUT2D eigenvalue weighted by molar-refractivity contribution is 5.69.